The fourth-order valence-corrected chi connectivity index (χ4v) is 2.08. The van der Waals surface area contributed by atoms with Gasteiger partial charge in [0.1, 0.15) is 11.6 Å². The molecule has 0 atom stereocenters. The quantitative estimate of drug-likeness (QED) is 0.851. The molecule has 106 valence electrons. The zero-order valence-corrected chi connectivity index (χ0v) is 13.1. The lowest BCUT2D eigenvalue weighted by molar-refractivity contribution is 0.454. The Morgan fingerprint density at radius 1 is 1.40 bits per heavy atom. The van der Waals surface area contributed by atoms with Crippen LogP contribution >= 0.6 is 27.5 Å². The zero-order valence-electron chi connectivity index (χ0n) is 10.8. The molecule has 20 heavy (non-hydrogen) atoms. The third kappa shape index (κ3) is 3.91. The van der Waals surface area contributed by atoms with Gasteiger partial charge in [0.25, 0.3) is 0 Å². The van der Waals surface area contributed by atoms with Gasteiger partial charge in [-0.3, -0.25) is 0 Å². The molecular weight excluding hydrogens is 347 g/mol. The second-order valence-electron chi connectivity index (χ2n) is 4.07. The Labute approximate surface area is 130 Å². The van der Waals surface area contributed by atoms with E-state index in [1.807, 2.05) is 6.92 Å². The SMILES string of the molecule is CCNCc1cc(Oc2cc(F)ccc2Br)ncc1Cl. The molecule has 0 aliphatic heterocycles. The van der Waals surface area contributed by atoms with Crippen LogP contribution in [0.2, 0.25) is 5.02 Å². The summed E-state index contributed by atoms with van der Waals surface area (Å²) in [5, 5.41) is 3.75. The largest absolute Gasteiger partial charge is 0.438 e. The molecule has 0 fully saturated rings. The van der Waals surface area contributed by atoms with Crippen molar-refractivity contribution in [1.29, 1.82) is 0 Å². The highest BCUT2D eigenvalue weighted by Crippen LogP contribution is 2.30. The topological polar surface area (TPSA) is 34.1 Å². The van der Waals surface area contributed by atoms with Crippen molar-refractivity contribution in [2.45, 2.75) is 13.5 Å². The molecule has 0 radical (unpaired) electrons. The van der Waals surface area contributed by atoms with Crippen LogP contribution < -0.4 is 10.1 Å². The van der Waals surface area contributed by atoms with Gasteiger partial charge in [-0.25, -0.2) is 9.37 Å². The molecule has 2 aromatic rings. The predicted molar refractivity (Wildman–Crippen MR) is 80.8 cm³/mol. The van der Waals surface area contributed by atoms with E-state index in [1.54, 1.807) is 12.1 Å². The second kappa shape index (κ2) is 7.02. The summed E-state index contributed by atoms with van der Waals surface area (Å²) in [7, 11) is 0. The first-order valence-electron chi connectivity index (χ1n) is 6.08. The third-order valence-corrected chi connectivity index (χ3v) is 3.58. The number of hydrogen-bond donors (Lipinski definition) is 1. The summed E-state index contributed by atoms with van der Waals surface area (Å²) in [6.07, 6.45) is 1.52. The van der Waals surface area contributed by atoms with E-state index in [9.17, 15) is 4.39 Å². The smallest absolute Gasteiger partial charge is 0.219 e. The lowest BCUT2D eigenvalue weighted by Crippen LogP contribution is -2.12. The second-order valence-corrected chi connectivity index (χ2v) is 5.33. The van der Waals surface area contributed by atoms with Gasteiger partial charge in [-0.15, -0.1) is 0 Å². The summed E-state index contributed by atoms with van der Waals surface area (Å²) in [5.41, 5.74) is 0.881. The van der Waals surface area contributed by atoms with Gasteiger partial charge in [0.15, 0.2) is 0 Å². The van der Waals surface area contributed by atoms with Gasteiger partial charge in [0, 0.05) is 24.9 Å². The van der Waals surface area contributed by atoms with Crippen molar-refractivity contribution in [3.05, 3.63) is 51.3 Å². The molecule has 0 bridgehead atoms. The Bertz CT molecular complexity index is 610. The number of ether oxygens (including phenoxy) is 1. The number of pyridine rings is 1. The first kappa shape index (κ1) is 15.2. The van der Waals surface area contributed by atoms with Gasteiger partial charge in [0.2, 0.25) is 5.88 Å². The minimum atomic E-state index is -0.370. The highest BCUT2D eigenvalue weighted by Gasteiger charge is 2.08. The maximum absolute atomic E-state index is 13.2. The van der Waals surface area contributed by atoms with E-state index in [1.165, 1.54) is 18.3 Å². The van der Waals surface area contributed by atoms with E-state index in [4.69, 9.17) is 16.3 Å². The normalized spacial score (nSPS) is 10.6. The molecule has 1 aromatic carbocycles. The minimum absolute atomic E-state index is 0.369. The van der Waals surface area contributed by atoms with Crippen LogP contribution in [0.4, 0.5) is 4.39 Å². The molecule has 0 aliphatic carbocycles. The molecule has 3 nitrogen and oxygen atoms in total. The van der Waals surface area contributed by atoms with Gasteiger partial charge in [0.05, 0.1) is 9.50 Å². The number of halogens is 3. The molecule has 0 amide bonds. The molecule has 0 spiro atoms. The molecule has 0 saturated carbocycles. The van der Waals surface area contributed by atoms with Crippen molar-refractivity contribution in [1.82, 2.24) is 10.3 Å². The molecule has 6 heteroatoms. The average Bonchev–Trinajstić information content (AvgIpc) is 2.43. The monoisotopic (exact) mass is 358 g/mol. The van der Waals surface area contributed by atoms with Gasteiger partial charge >= 0.3 is 0 Å². The van der Waals surface area contributed by atoms with Crippen molar-refractivity contribution in [2.24, 2.45) is 0 Å². The third-order valence-electron chi connectivity index (χ3n) is 2.58. The lowest BCUT2D eigenvalue weighted by atomic mass is 10.2. The van der Waals surface area contributed by atoms with Crippen molar-refractivity contribution < 1.29 is 9.13 Å². The average molecular weight is 360 g/mol. The number of nitrogens with zero attached hydrogens (tertiary/aromatic N) is 1. The van der Waals surface area contributed by atoms with Gasteiger partial charge in [-0.05, 0) is 40.2 Å². The number of benzene rings is 1. The predicted octanol–water partition coefficient (Wildman–Crippen LogP) is 4.54. The summed E-state index contributed by atoms with van der Waals surface area (Å²) in [6.45, 7) is 3.47. The van der Waals surface area contributed by atoms with Crippen molar-refractivity contribution >= 4 is 27.5 Å². The zero-order chi connectivity index (χ0) is 14.5. The van der Waals surface area contributed by atoms with Crippen molar-refractivity contribution in [3.63, 3.8) is 0 Å². The van der Waals surface area contributed by atoms with E-state index in [-0.39, 0.29) is 5.82 Å². The van der Waals surface area contributed by atoms with Gasteiger partial charge < -0.3 is 10.1 Å². The number of nitrogens with one attached hydrogen (secondary N) is 1. The van der Waals surface area contributed by atoms with Crippen LogP contribution in [0.3, 0.4) is 0 Å². The first-order chi connectivity index (χ1) is 9.60. The summed E-state index contributed by atoms with van der Waals surface area (Å²) < 4.78 is 19.4. The molecule has 1 heterocycles. The van der Waals surface area contributed by atoms with Crippen molar-refractivity contribution in [3.8, 4) is 11.6 Å². The maximum Gasteiger partial charge on any atom is 0.219 e. The van der Waals surface area contributed by atoms with Gasteiger partial charge in [-0.2, -0.15) is 0 Å². The lowest BCUT2D eigenvalue weighted by Gasteiger charge is -2.10. The Hall–Kier alpha value is -1.17. The van der Waals surface area contributed by atoms with Crippen LogP contribution in [-0.2, 0) is 6.54 Å². The summed E-state index contributed by atoms with van der Waals surface area (Å²) in [6, 6.07) is 5.97. The molecule has 0 aliphatic rings. The number of hydrogen-bond acceptors (Lipinski definition) is 3. The van der Waals surface area contributed by atoms with Crippen LogP contribution in [-0.4, -0.2) is 11.5 Å². The van der Waals surface area contributed by atoms with Crippen LogP contribution in [0.15, 0.2) is 34.9 Å². The first-order valence-corrected chi connectivity index (χ1v) is 7.25. The fourth-order valence-electron chi connectivity index (χ4n) is 1.58. The Morgan fingerprint density at radius 2 is 2.20 bits per heavy atom. The highest BCUT2D eigenvalue weighted by molar-refractivity contribution is 9.10. The van der Waals surface area contributed by atoms with Crippen LogP contribution in [0, 0.1) is 5.82 Å². The van der Waals surface area contributed by atoms with Crippen LogP contribution in [0.25, 0.3) is 0 Å². The van der Waals surface area contributed by atoms with E-state index < -0.39 is 0 Å². The highest BCUT2D eigenvalue weighted by atomic mass is 79.9. The molecule has 2 rings (SSSR count). The van der Waals surface area contributed by atoms with E-state index in [0.717, 1.165) is 12.1 Å². The van der Waals surface area contributed by atoms with Crippen molar-refractivity contribution in [2.75, 3.05) is 6.54 Å². The molecule has 1 N–H and O–H groups in total. The standard InChI is InChI=1S/C14H13BrClFN2O/c1-2-18-7-9-5-14(19-8-12(9)16)20-13-6-10(17)3-4-11(13)15/h3-6,8,18H,2,7H2,1H3. The summed E-state index contributed by atoms with van der Waals surface area (Å²) in [4.78, 5) is 4.09. The molecular formula is C14H13BrClFN2O. The Morgan fingerprint density at radius 3 is 2.95 bits per heavy atom. The van der Waals surface area contributed by atoms with E-state index in [2.05, 4.69) is 26.2 Å². The number of aromatic nitrogens is 1. The molecule has 0 unspecified atom stereocenters. The molecule has 1 aromatic heterocycles. The summed E-state index contributed by atoms with van der Waals surface area (Å²) >= 11 is 9.37. The Balaban J connectivity index is 2.22. The van der Waals surface area contributed by atoms with E-state index in [0.29, 0.717) is 27.7 Å². The van der Waals surface area contributed by atoms with E-state index >= 15 is 0 Å². The fraction of sp³-hybridized carbons (Fsp3) is 0.214. The molecule has 0 saturated heterocycles. The van der Waals surface area contributed by atoms with Crippen LogP contribution in [0.1, 0.15) is 12.5 Å². The van der Waals surface area contributed by atoms with Crippen LogP contribution in [0.5, 0.6) is 11.6 Å². The Kier molecular flexibility index (Phi) is 5.34. The maximum atomic E-state index is 13.2. The van der Waals surface area contributed by atoms with Gasteiger partial charge in [-0.1, -0.05) is 18.5 Å². The summed E-state index contributed by atoms with van der Waals surface area (Å²) in [5.74, 6) is 0.368. The number of rotatable bonds is 5. The minimum Gasteiger partial charge on any atom is -0.438 e.